The number of carbonyl (C=O) groups excluding carboxylic acids is 2. The number of hydrogen-bond donors (Lipinski definition) is 4. The molecule has 2 atom stereocenters. The number of amides is 2. The van der Waals surface area contributed by atoms with E-state index in [1.165, 1.54) is 0 Å². The lowest BCUT2D eigenvalue weighted by Gasteiger charge is -2.40. The first-order valence-electron chi connectivity index (χ1n) is 13.3. The van der Waals surface area contributed by atoms with Crippen LogP contribution in [0.25, 0.3) is 0 Å². The van der Waals surface area contributed by atoms with Gasteiger partial charge in [-0.2, -0.15) is 0 Å². The van der Waals surface area contributed by atoms with E-state index in [1.807, 2.05) is 91.0 Å². The molecule has 0 heterocycles. The van der Waals surface area contributed by atoms with E-state index in [0.717, 1.165) is 16.7 Å². The van der Waals surface area contributed by atoms with Crippen LogP contribution >= 0.6 is 0 Å². The van der Waals surface area contributed by atoms with Crippen molar-refractivity contribution in [3.63, 3.8) is 0 Å². The summed E-state index contributed by atoms with van der Waals surface area (Å²) >= 11 is 0. The van der Waals surface area contributed by atoms with Gasteiger partial charge < -0.3 is 21.9 Å². The van der Waals surface area contributed by atoms with E-state index in [4.69, 9.17) is 11.5 Å². The van der Waals surface area contributed by atoms with Gasteiger partial charge >= 0.3 is 11.9 Å². The van der Waals surface area contributed by atoms with Crippen molar-refractivity contribution >= 4 is 23.7 Å². The number of nitrogens with zero attached hydrogens (tertiary/aromatic N) is 2. The monoisotopic (exact) mass is 544 g/mol. The van der Waals surface area contributed by atoms with Gasteiger partial charge in [-0.1, -0.05) is 91.0 Å². The van der Waals surface area contributed by atoms with Crippen molar-refractivity contribution < 1.29 is 24.0 Å². The highest BCUT2D eigenvalue weighted by atomic mass is 16.4. The summed E-state index contributed by atoms with van der Waals surface area (Å²) in [4.78, 5) is 43.8. The largest absolute Gasteiger partial charge is 0.480 e. The van der Waals surface area contributed by atoms with E-state index in [9.17, 15) is 19.5 Å². The molecule has 2 amide bonds. The molecule has 6 N–H and O–H groups in total. The molecule has 0 bridgehead atoms. The molecular formula is C31H38N5O4+. The molecule has 0 aliphatic carbocycles. The van der Waals surface area contributed by atoms with Crippen LogP contribution in [0.15, 0.2) is 96.0 Å². The maximum atomic E-state index is 14.8. The van der Waals surface area contributed by atoms with Crippen molar-refractivity contribution in [1.29, 1.82) is 0 Å². The number of quaternary nitrogens is 1. The average Bonchev–Trinajstić information content (AvgIpc) is 2.96. The number of hydrogen-bond acceptors (Lipinski definition) is 4. The number of carboxylic acids is 1. The van der Waals surface area contributed by atoms with Gasteiger partial charge in [0, 0.05) is 19.4 Å². The van der Waals surface area contributed by atoms with Crippen LogP contribution in [0.1, 0.15) is 35.4 Å². The SMILES string of the molecule is C[N@+](CCc1ccccc1)(C(=O)C(c1ccccc1)c1ccccc1)C(CCCN=C(N)N)C(=O)NCC(=O)O. The lowest BCUT2D eigenvalue weighted by Crippen LogP contribution is -2.64. The average molecular weight is 545 g/mol. The van der Waals surface area contributed by atoms with Gasteiger partial charge in [0.2, 0.25) is 0 Å². The van der Waals surface area contributed by atoms with Crippen molar-refractivity contribution in [3.8, 4) is 0 Å². The van der Waals surface area contributed by atoms with E-state index >= 15 is 0 Å². The number of rotatable bonds is 14. The molecule has 0 radical (unpaired) electrons. The molecule has 0 fully saturated rings. The zero-order chi connectivity index (χ0) is 29.0. The van der Waals surface area contributed by atoms with Crippen LogP contribution in [0.3, 0.4) is 0 Å². The summed E-state index contributed by atoms with van der Waals surface area (Å²) < 4.78 is -0.239. The van der Waals surface area contributed by atoms with Gasteiger partial charge in [-0.15, -0.1) is 0 Å². The minimum atomic E-state index is -1.16. The molecule has 0 aromatic heterocycles. The van der Waals surface area contributed by atoms with E-state index < -0.39 is 30.4 Å². The quantitative estimate of drug-likeness (QED) is 0.106. The van der Waals surface area contributed by atoms with Crippen LogP contribution in [0.2, 0.25) is 0 Å². The summed E-state index contributed by atoms with van der Waals surface area (Å²) in [6, 6.07) is 27.9. The Balaban J connectivity index is 2.09. The van der Waals surface area contributed by atoms with E-state index in [1.54, 1.807) is 7.05 Å². The van der Waals surface area contributed by atoms with Crippen molar-refractivity contribution in [2.75, 3.05) is 26.7 Å². The van der Waals surface area contributed by atoms with E-state index in [2.05, 4.69) is 10.3 Å². The third-order valence-corrected chi connectivity index (χ3v) is 7.06. The molecule has 3 aromatic carbocycles. The number of nitrogens with one attached hydrogen (secondary N) is 1. The normalized spacial score (nSPS) is 13.2. The van der Waals surface area contributed by atoms with Crippen LogP contribution in [0, 0.1) is 0 Å². The van der Waals surface area contributed by atoms with Crippen molar-refractivity contribution in [1.82, 2.24) is 5.32 Å². The zero-order valence-corrected chi connectivity index (χ0v) is 22.8. The Morgan fingerprint density at radius 2 is 1.40 bits per heavy atom. The van der Waals surface area contributed by atoms with Gasteiger partial charge in [0.05, 0.1) is 13.6 Å². The lowest BCUT2D eigenvalue weighted by molar-refractivity contribution is -0.851. The molecule has 9 nitrogen and oxygen atoms in total. The molecule has 9 heteroatoms. The van der Waals surface area contributed by atoms with Crippen LogP contribution in [-0.2, 0) is 20.8 Å². The van der Waals surface area contributed by atoms with E-state index in [-0.39, 0.29) is 29.3 Å². The first-order chi connectivity index (χ1) is 19.2. The highest BCUT2D eigenvalue weighted by Crippen LogP contribution is 2.32. The van der Waals surface area contributed by atoms with Gasteiger partial charge in [-0.05, 0) is 23.1 Å². The summed E-state index contributed by atoms with van der Waals surface area (Å²) in [6.07, 6.45) is 1.24. The number of carbonyl (C=O) groups is 3. The van der Waals surface area contributed by atoms with Crippen molar-refractivity contribution in [2.45, 2.75) is 31.2 Å². The molecule has 0 saturated carbocycles. The van der Waals surface area contributed by atoms with Crippen molar-refractivity contribution in [3.05, 3.63) is 108 Å². The second-order valence-corrected chi connectivity index (χ2v) is 9.90. The predicted molar refractivity (Wildman–Crippen MR) is 155 cm³/mol. The third kappa shape index (κ3) is 8.25. The topological polar surface area (TPSA) is 148 Å². The fourth-order valence-corrected chi connectivity index (χ4v) is 4.94. The Hall–Kier alpha value is -4.50. The van der Waals surface area contributed by atoms with Gasteiger partial charge in [0.1, 0.15) is 12.5 Å². The summed E-state index contributed by atoms with van der Waals surface area (Å²) in [6.45, 7) is 0.0576. The zero-order valence-electron chi connectivity index (χ0n) is 22.8. The molecule has 3 rings (SSSR count). The molecule has 40 heavy (non-hydrogen) atoms. The fourth-order valence-electron chi connectivity index (χ4n) is 4.94. The highest BCUT2D eigenvalue weighted by Gasteiger charge is 2.47. The maximum Gasteiger partial charge on any atom is 0.326 e. The second-order valence-electron chi connectivity index (χ2n) is 9.90. The number of carboxylic acid groups (broad SMARTS) is 1. The fraction of sp³-hybridized carbons (Fsp3) is 0.290. The smallest absolute Gasteiger partial charge is 0.326 e. The van der Waals surface area contributed by atoms with Crippen LogP contribution in [-0.4, -0.2) is 66.1 Å². The highest BCUT2D eigenvalue weighted by molar-refractivity contribution is 5.88. The Morgan fingerprint density at radius 3 is 1.90 bits per heavy atom. The summed E-state index contributed by atoms with van der Waals surface area (Å²) in [7, 11) is 1.77. The van der Waals surface area contributed by atoms with Gasteiger partial charge in [-0.25, -0.2) is 4.79 Å². The standard InChI is InChI=1S/C31H37N5O4/c1-36(21-19-23-12-5-2-6-13-23,26(18-11-20-34-31(32)33)29(39)35-22-27(37)38)30(40)28(24-14-7-3-8-15-24)25-16-9-4-10-17-25/h2-10,12-17,26,28H,11,18-22H2,1H3,(H5-,32,33,34,35,37,38,39)/p+1/t26?,36-/m1/s1. The molecule has 210 valence electrons. The Kier molecular flexibility index (Phi) is 11.0. The van der Waals surface area contributed by atoms with Gasteiger partial charge in [-0.3, -0.25) is 19.1 Å². The number of aliphatic imine (C=N–C) groups is 1. The number of guanidine groups is 1. The molecule has 0 spiro atoms. The summed E-state index contributed by atoms with van der Waals surface area (Å²) in [5.41, 5.74) is 13.6. The molecule has 1 unspecified atom stereocenters. The van der Waals surface area contributed by atoms with Crippen LogP contribution < -0.4 is 16.8 Å². The summed E-state index contributed by atoms with van der Waals surface area (Å²) in [5.74, 6) is -2.53. The Morgan fingerprint density at radius 1 is 0.875 bits per heavy atom. The number of nitrogens with two attached hydrogens (primary N) is 2. The summed E-state index contributed by atoms with van der Waals surface area (Å²) in [5, 5.41) is 11.8. The first-order valence-corrected chi connectivity index (χ1v) is 13.3. The van der Waals surface area contributed by atoms with Crippen molar-refractivity contribution in [2.24, 2.45) is 16.5 Å². The molecular weight excluding hydrogens is 506 g/mol. The van der Waals surface area contributed by atoms with E-state index in [0.29, 0.717) is 19.4 Å². The number of benzene rings is 3. The number of likely N-dealkylation sites (N-methyl/N-ethyl adjacent to an activating group) is 1. The first kappa shape index (κ1) is 30.0. The van der Waals surface area contributed by atoms with Gasteiger partial charge in [0.25, 0.3) is 5.91 Å². The van der Waals surface area contributed by atoms with Gasteiger partial charge in [0.15, 0.2) is 12.0 Å². The Labute approximate surface area is 235 Å². The van der Waals surface area contributed by atoms with Crippen LogP contribution in [0.4, 0.5) is 0 Å². The minimum Gasteiger partial charge on any atom is -0.480 e. The molecule has 0 aliphatic heterocycles. The Bertz CT molecular complexity index is 1240. The number of aliphatic carboxylic acids is 1. The minimum absolute atomic E-state index is 0.0579. The molecule has 0 aliphatic rings. The molecule has 3 aromatic rings. The lowest BCUT2D eigenvalue weighted by atomic mass is 9.87. The predicted octanol–water partition coefficient (Wildman–Crippen LogP) is 2.66. The van der Waals surface area contributed by atoms with Crippen LogP contribution in [0.5, 0.6) is 0 Å². The second kappa shape index (κ2) is 14.6. The maximum absolute atomic E-state index is 14.8. The third-order valence-electron chi connectivity index (χ3n) is 7.06. The molecule has 0 saturated heterocycles.